The lowest BCUT2D eigenvalue weighted by molar-refractivity contribution is -0.139. The number of unbranched alkanes of at least 4 members (excludes halogenated alkanes) is 17. The molecule has 6 heteroatoms. The van der Waals surface area contributed by atoms with Gasteiger partial charge in [-0.15, -0.1) is 0 Å². The predicted molar refractivity (Wildman–Crippen MR) is 146 cm³/mol. The summed E-state index contributed by atoms with van der Waals surface area (Å²) in [6, 6.07) is 1.27. The molecule has 2 nitrogen and oxygen atoms in total. The predicted octanol–water partition coefficient (Wildman–Crippen LogP) is 10.3. The summed E-state index contributed by atoms with van der Waals surface area (Å²) in [7, 11) is 0. The van der Waals surface area contributed by atoms with E-state index in [2.05, 4.69) is 52.5 Å². The first kappa shape index (κ1) is 30.9. The molecule has 0 spiro atoms. The average Bonchev–Trinajstić information content (AvgIpc) is 2.68. The molecule has 0 saturated carbocycles. The average molecular weight is 633 g/mol. The molecule has 0 amide bonds. The van der Waals surface area contributed by atoms with E-state index in [1.807, 2.05) is 0 Å². The number of halogens is 3. The fourth-order valence-electron chi connectivity index (χ4n) is 3.54. The molecule has 0 aromatic carbocycles. The Morgan fingerprint density at radius 3 is 1.23 bits per heavy atom. The maximum absolute atomic E-state index is 11.2. The van der Waals surface area contributed by atoms with Crippen LogP contribution in [0.25, 0.3) is 0 Å². The van der Waals surface area contributed by atoms with E-state index in [9.17, 15) is 4.79 Å². The number of esters is 1. The second-order valence-corrected chi connectivity index (χ2v) is 32.1. The van der Waals surface area contributed by atoms with Crippen molar-refractivity contribution in [1.82, 2.24) is 0 Å². The molecule has 0 saturated heterocycles. The molecule has 178 valence electrons. The first-order chi connectivity index (χ1) is 14.3. The lowest BCUT2D eigenvalue weighted by atomic mass is 10.0. The van der Waals surface area contributed by atoms with Crippen LogP contribution in [0.3, 0.4) is 0 Å². The van der Waals surface area contributed by atoms with Gasteiger partial charge in [0, 0.05) is 5.57 Å². The minimum absolute atomic E-state index is 0.256. The van der Waals surface area contributed by atoms with Crippen LogP contribution >= 0.6 is 45.9 Å². The third-order valence-electron chi connectivity index (χ3n) is 5.44. The molecule has 0 N–H and O–H groups in total. The van der Waals surface area contributed by atoms with Gasteiger partial charge in [0.05, 0.1) is 6.61 Å². The summed E-state index contributed by atoms with van der Waals surface area (Å²) in [5.41, 5.74) is 0.490. The van der Waals surface area contributed by atoms with E-state index in [4.69, 9.17) is 4.74 Å². The lowest BCUT2D eigenvalue weighted by Gasteiger charge is -2.08. The second-order valence-electron chi connectivity index (χ2n) is 8.65. The molecule has 0 aromatic rings. The number of hydrogen-bond acceptors (Lipinski definition) is 2. The Kier molecular flexibility index (Phi) is 22.3. The zero-order chi connectivity index (χ0) is 22.5. The van der Waals surface area contributed by atoms with Gasteiger partial charge in [-0.05, 0) is 19.4 Å². The van der Waals surface area contributed by atoms with Gasteiger partial charge in [-0.3, -0.25) is 0 Å². The van der Waals surface area contributed by atoms with Gasteiger partial charge in [0.2, 0.25) is 0 Å². The highest BCUT2D eigenvalue weighted by molar-refractivity contribution is 9.72. The molecule has 0 fully saturated rings. The summed E-state index contributed by atoms with van der Waals surface area (Å²) >= 11 is 11.1. The van der Waals surface area contributed by atoms with E-state index in [-0.39, 0.29) is 5.97 Å². The van der Waals surface area contributed by atoms with E-state index in [1.165, 1.54) is 109 Å². The van der Waals surface area contributed by atoms with Crippen LogP contribution < -0.4 is 0 Å². The second kappa shape index (κ2) is 21.7. The number of carbonyl (C=O) groups is 1. The quantitative estimate of drug-likeness (QED) is 0.0390. The van der Waals surface area contributed by atoms with Gasteiger partial charge in [0.1, 0.15) is 0 Å². The third kappa shape index (κ3) is 25.1. The first-order valence-corrected chi connectivity index (χ1v) is 21.2. The van der Waals surface area contributed by atoms with E-state index in [0.717, 1.165) is 12.8 Å². The van der Waals surface area contributed by atoms with E-state index < -0.39 is 3.93 Å². The van der Waals surface area contributed by atoms with Crippen molar-refractivity contribution in [3.05, 3.63) is 12.2 Å². The molecule has 0 rings (SSSR count). The van der Waals surface area contributed by atoms with Gasteiger partial charge in [-0.2, -0.15) is 0 Å². The Morgan fingerprint density at radius 2 is 0.933 bits per heavy atom. The molecule has 0 aliphatic rings. The SMILES string of the molecule is C=C(C)C(=O)OCCCCCCCCCCCCCCCCCCCC[Si](Br)(Br)Br. The molecule has 0 unspecified atom stereocenters. The summed E-state index contributed by atoms with van der Waals surface area (Å²) in [6.45, 7) is 5.82. The molecule has 0 aromatic heterocycles. The Bertz CT molecular complexity index is 425. The fraction of sp³-hybridized carbons (Fsp3) is 0.875. The molecule has 0 heterocycles. The summed E-state index contributed by atoms with van der Waals surface area (Å²) < 4.78 is 3.75. The van der Waals surface area contributed by atoms with Crippen molar-refractivity contribution in [1.29, 1.82) is 0 Å². The molecule has 0 radical (unpaired) electrons. The van der Waals surface area contributed by atoms with Crippen molar-refractivity contribution in [3.63, 3.8) is 0 Å². The zero-order valence-corrected chi connectivity index (χ0v) is 25.1. The fourth-order valence-corrected chi connectivity index (χ4v) is 6.72. The third-order valence-corrected chi connectivity index (χ3v) is 9.93. The Hall–Kier alpha value is 0.867. The van der Waals surface area contributed by atoms with E-state index in [0.29, 0.717) is 12.2 Å². The summed E-state index contributed by atoms with van der Waals surface area (Å²) in [5, 5.41) is 0. The van der Waals surface area contributed by atoms with E-state index in [1.54, 1.807) is 6.92 Å². The molecular formula is C24H45Br3O2Si. The Morgan fingerprint density at radius 1 is 0.633 bits per heavy atom. The lowest BCUT2D eigenvalue weighted by Crippen LogP contribution is -2.05. The molecule has 30 heavy (non-hydrogen) atoms. The number of carbonyl (C=O) groups excluding carboxylic acids is 1. The van der Waals surface area contributed by atoms with Crippen molar-refractivity contribution in [3.8, 4) is 0 Å². The van der Waals surface area contributed by atoms with Crippen LogP contribution in [0.2, 0.25) is 6.04 Å². The minimum Gasteiger partial charge on any atom is -0.462 e. The summed E-state index contributed by atoms with van der Waals surface area (Å²) in [5.74, 6) is -0.256. The molecule has 0 atom stereocenters. The van der Waals surface area contributed by atoms with Crippen LogP contribution in [-0.2, 0) is 9.53 Å². The maximum Gasteiger partial charge on any atom is 0.333 e. The van der Waals surface area contributed by atoms with Crippen LogP contribution in [-0.4, -0.2) is 16.5 Å². The largest absolute Gasteiger partial charge is 0.462 e. The first-order valence-electron chi connectivity index (χ1n) is 12.2. The maximum atomic E-state index is 11.2. The van der Waals surface area contributed by atoms with Crippen LogP contribution in [0.4, 0.5) is 0 Å². The van der Waals surface area contributed by atoms with E-state index >= 15 is 0 Å². The normalized spacial score (nSPS) is 11.6. The molecule has 0 bridgehead atoms. The monoisotopic (exact) mass is 630 g/mol. The summed E-state index contributed by atoms with van der Waals surface area (Å²) in [4.78, 5) is 11.2. The standard InChI is InChI=1S/C24H45Br3O2Si/c1-23(2)24(28)29-21-19-17-15-13-11-9-7-5-3-4-6-8-10-12-14-16-18-20-22-30(25,26)27/h1,3-22H2,2H3. The molecular weight excluding hydrogens is 588 g/mol. The van der Waals surface area contributed by atoms with Crippen molar-refractivity contribution in [2.24, 2.45) is 0 Å². The molecule has 0 aliphatic carbocycles. The van der Waals surface area contributed by atoms with Crippen molar-refractivity contribution in [2.45, 2.75) is 129 Å². The van der Waals surface area contributed by atoms with Gasteiger partial charge in [-0.25, -0.2) is 4.79 Å². The highest BCUT2D eigenvalue weighted by Gasteiger charge is 2.20. The minimum atomic E-state index is -1.36. The molecule has 0 aliphatic heterocycles. The van der Waals surface area contributed by atoms with Crippen LogP contribution in [0, 0.1) is 0 Å². The number of hydrogen-bond donors (Lipinski definition) is 0. The highest BCUT2D eigenvalue weighted by Crippen LogP contribution is 2.33. The highest BCUT2D eigenvalue weighted by atomic mass is 80.0. The van der Waals surface area contributed by atoms with Crippen LogP contribution in [0.1, 0.15) is 122 Å². The summed E-state index contributed by atoms with van der Waals surface area (Å²) in [6.07, 6.45) is 24.4. The topological polar surface area (TPSA) is 26.3 Å². The zero-order valence-electron chi connectivity index (χ0n) is 19.3. The Labute approximate surface area is 211 Å². The van der Waals surface area contributed by atoms with Gasteiger partial charge >= 0.3 is 5.97 Å². The van der Waals surface area contributed by atoms with Gasteiger partial charge in [-0.1, -0.05) is 162 Å². The van der Waals surface area contributed by atoms with Crippen molar-refractivity contribution < 1.29 is 9.53 Å². The van der Waals surface area contributed by atoms with Crippen molar-refractivity contribution >= 4 is 55.8 Å². The Balaban J connectivity index is 3.10. The van der Waals surface area contributed by atoms with Crippen LogP contribution in [0.15, 0.2) is 12.2 Å². The van der Waals surface area contributed by atoms with Crippen LogP contribution in [0.5, 0.6) is 0 Å². The van der Waals surface area contributed by atoms with Gasteiger partial charge < -0.3 is 4.74 Å². The smallest absolute Gasteiger partial charge is 0.333 e. The number of ether oxygens (including phenoxy) is 1. The van der Waals surface area contributed by atoms with Gasteiger partial charge in [0.15, 0.2) is 0 Å². The van der Waals surface area contributed by atoms with Crippen molar-refractivity contribution in [2.75, 3.05) is 6.61 Å². The van der Waals surface area contributed by atoms with Gasteiger partial charge in [0.25, 0.3) is 3.93 Å². The number of rotatable bonds is 22.